The fourth-order valence-corrected chi connectivity index (χ4v) is 1.79. The molecular formula is C9H10O5S. The lowest BCUT2D eigenvalue weighted by Gasteiger charge is -2.04. The second kappa shape index (κ2) is 4.79. The Balaban J connectivity index is 2.61. The normalized spacial score (nSPS) is 10.9. The lowest BCUT2D eigenvalue weighted by atomic mass is 10.3. The van der Waals surface area contributed by atoms with Gasteiger partial charge in [0.15, 0.2) is 0 Å². The summed E-state index contributed by atoms with van der Waals surface area (Å²) in [4.78, 5) is 10.2. The number of carboxylic acids is 1. The van der Waals surface area contributed by atoms with Crippen LogP contribution in [0.1, 0.15) is 6.42 Å². The third-order valence-electron chi connectivity index (χ3n) is 1.53. The van der Waals surface area contributed by atoms with Gasteiger partial charge in [0.05, 0.1) is 12.2 Å². The van der Waals surface area contributed by atoms with E-state index in [1.807, 2.05) is 0 Å². The quantitative estimate of drug-likeness (QED) is 0.759. The first kappa shape index (κ1) is 11.5. The van der Waals surface area contributed by atoms with Gasteiger partial charge in [0.25, 0.3) is 0 Å². The Morgan fingerprint density at radius 3 is 2.40 bits per heavy atom. The van der Waals surface area contributed by atoms with Gasteiger partial charge in [0.1, 0.15) is 5.75 Å². The molecule has 15 heavy (non-hydrogen) atoms. The Kier molecular flexibility index (Phi) is 3.68. The Hall–Kier alpha value is -1.56. The minimum absolute atomic E-state index is 0.183. The van der Waals surface area contributed by atoms with Crippen molar-refractivity contribution in [1.82, 2.24) is 0 Å². The summed E-state index contributed by atoms with van der Waals surface area (Å²) in [5.74, 6) is -1.52. The number of benzene rings is 1. The number of hydrogen-bond acceptors (Lipinski definition) is 4. The van der Waals surface area contributed by atoms with Crippen LogP contribution in [-0.2, 0) is 14.9 Å². The minimum atomic E-state index is -3.81. The Morgan fingerprint density at radius 1 is 1.27 bits per heavy atom. The van der Waals surface area contributed by atoms with Gasteiger partial charge >= 0.3 is 16.1 Å². The van der Waals surface area contributed by atoms with Crippen molar-refractivity contribution in [3.63, 3.8) is 0 Å². The summed E-state index contributed by atoms with van der Waals surface area (Å²) in [5, 5.41) is 8.32. The van der Waals surface area contributed by atoms with Crippen LogP contribution >= 0.6 is 0 Å². The van der Waals surface area contributed by atoms with Crippen LogP contribution in [0.3, 0.4) is 0 Å². The number of hydrogen-bond donors (Lipinski definition) is 1. The SMILES string of the molecule is O=C(O)CCS(=O)(=O)Oc1ccccc1. The zero-order valence-electron chi connectivity index (χ0n) is 7.79. The van der Waals surface area contributed by atoms with Crippen molar-refractivity contribution in [2.75, 3.05) is 5.75 Å². The molecule has 1 rings (SSSR count). The summed E-state index contributed by atoms with van der Waals surface area (Å²) in [6.45, 7) is 0. The fourth-order valence-electron chi connectivity index (χ4n) is 0.877. The molecule has 1 aromatic carbocycles. The summed E-state index contributed by atoms with van der Waals surface area (Å²) in [6, 6.07) is 7.94. The van der Waals surface area contributed by atoms with E-state index in [0.29, 0.717) is 0 Å². The molecule has 5 nitrogen and oxygen atoms in total. The van der Waals surface area contributed by atoms with E-state index in [2.05, 4.69) is 4.18 Å². The lowest BCUT2D eigenvalue weighted by molar-refractivity contribution is -0.136. The second-order valence-corrected chi connectivity index (χ2v) is 4.49. The Bertz CT molecular complexity index is 423. The molecule has 6 heteroatoms. The smallest absolute Gasteiger partial charge is 0.309 e. The third kappa shape index (κ3) is 4.46. The molecule has 0 saturated carbocycles. The lowest BCUT2D eigenvalue weighted by Crippen LogP contribution is -2.16. The van der Waals surface area contributed by atoms with E-state index in [1.165, 1.54) is 12.1 Å². The highest BCUT2D eigenvalue weighted by molar-refractivity contribution is 7.87. The van der Waals surface area contributed by atoms with Crippen molar-refractivity contribution >= 4 is 16.1 Å². The van der Waals surface area contributed by atoms with Crippen molar-refractivity contribution in [3.05, 3.63) is 30.3 Å². The fraction of sp³-hybridized carbons (Fsp3) is 0.222. The topological polar surface area (TPSA) is 80.7 Å². The predicted octanol–water partition coefficient (Wildman–Crippen LogP) is 0.870. The van der Waals surface area contributed by atoms with Gasteiger partial charge in [-0.05, 0) is 12.1 Å². The van der Waals surface area contributed by atoms with E-state index in [9.17, 15) is 13.2 Å². The number of carboxylic acid groups (broad SMARTS) is 1. The van der Waals surface area contributed by atoms with Crippen molar-refractivity contribution in [2.24, 2.45) is 0 Å². The van der Waals surface area contributed by atoms with E-state index >= 15 is 0 Å². The van der Waals surface area contributed by atoms with Crippen LogP contribution < -0.4 is 4.18 Å². The molecule has 1 N–H and O–H groups in total. The summed E-state index contributed by atoms with van der Waals surface area (Å²) in [7, 11) is -3.81. The van der Waals surface area contributed by atoms with Gasteiger partial charge in [-0.2, -0.15) is 8.42 Å². The van der Waals surface area contributed by atoms with E-state index < -0.39 is 28.3 Å². The molecule has 1 aromatic rings. The van der Waals surface area contributed by atoms with Gasteiger partial charge < -0.3 is 9.29 Å². The Morgan fingerprint density at radius 2 is 1.87 bits per heavy atom. The average Bonchev–Trinajstić information content (AvgIpc) is 2.16. The predicted molar refractivity (Wildman–Crippen MR) is 53.1 cm³/mol. The molecule has 0 aliphatic rings. The number of aliphatic carboxylic acids is 1. The Labute approximate surface area is 87.4 Å². The van der Waals surface area contributed by atoms with E-state index in [1.54, 1.807) is 18.2 Å². The monoisotopic (exact) mass is 230 g/mol. The zero-order chi connectivity index (χ0) is 11.3. The average molecular weight is 230 g/mol. The summed E-state index contributed by atoms with van der Waals surface area (Å²) in [6.07, 6.45) is -0.463. The molecule has 0 saturated heterocycles. The maximum absolute atomic E-state index is 11.2. The first-order valence-electron chi connectivity index (χ1n) is 4.18. The highest BCUT2D eigenvalue weighted by Crippen LogP contribution is 2.12. The first-order valence-corrected chi connectivity index (χ1v) is 5.76. The van der Waals surface area contributed by atoms with Crippen LogP contribution in [0.15, 0.2) is 30.3 Å². The molecule has 0 aliphatic carbocycles. The van der Waals surface area contributed by atoms with Crippen LogP contribution in [0.25, 0.3) is 0 Å². The van der Waals surface area contributed by atoms with Crippen molar-refractivity contribution < 1.29 is 22.5 Å². The highest BCUT2D eigenvalue weighted by atomic mass is 32.2. The first-order chi connectivity index (χ1) is 6.99. The van der Waals surface area contributed by atoms with Gasteiger partial charge in [0, 0.05) is 0 Å². The molecule has 0 radical (unpaired) electrons. The molecular weight excluding hydrogens is 220 g/mol. The van der Waals surface area contributed by atoms with Crippen molar-refractivity contribution in [1.29, 1.82) is 0 Å². The van der Waals surface area contributed by atoms with Crippen LogP contribution in [0.5, 0.6) is 5.75 Å². The number of para-hydroxylation sites is 1. The van der Waals surface area contributed by atoms with Gasteiger partial charge in [-0.3, -0.25) is 4.79 Å². The second-order valence-electron chi connectivity index (χ2n) is 2.80. The zero-order valence-corrected chi connectivity index (χ0v) is 8.61. The number of carbonyl (C=O) groups is 1. The maximum atomic E-state index is 11.2. The molecule has 0 amide bonds. The van der Waals surface area contributed by atoms with Crippen LogP contribution in [0.2, 0.25) is 0 Å². The van der Waals surface area contributed by atoms with Gasteiger partial charge in [-0.25, -0.2) is 0 Å². The molecule has 0 bridgehead atoms. The van der Waals surface area contributed by atoms with Crippen LogP contribution in [-0.4, -0.2) is 25.2 Å². The van der Waals surface area contributed by atoms with E-state index in [-0.39, 0.29) is 5.75 Å². The summed E-state index contributed by atoms with van der Waals surface area (Å²) >= 11 is 0. The van der Waals surface area contributed by atoms with Crippen LogP contribution in [0.4, 0.5) is 0 Å². The highest BCUT2D eigenvalue weighted by Gasteiger charge is 2.14. The van der Waals surface area contributed by atoms with Gasteiger partial charge in [-0.1, -0.05) is 18.2 Å². The van der Waals surface area contributed by atoms with Crippen molar-refractivity contribution in [2.45, 2.75) is 6.42 Å². The van der Waals surface area contributed by atoms with Gasteiger partial charge in [-0.15, -0.1) is 0 Å². The molecule has 0 spiro atoms. The van der Waals surface area contributed by atoms with E-state index in [0.717, 1.165) is 0 Å². The number of rotatable bonds is 5. The van der Waals surface area contributed by atoms with Crippen LogP contribution in [0, 0.1) is 0 Å². The van der Waals surface area contributed by atoms with Gasteiger partial charge in [0.2, 0.25) is 0 Å². The summed E-state index contributed by atoms with van der Waals surface area (Å²) in [5.41, 5.74) is 0. The largest absolute Gasteiger partial charge is 0.481 e. The summed E-state index contributed by atoms with van der Waals surface area (Å²) < 4.78 is 27.1. The minimum Gasteiger partial charge on any atom is -0.481 e. The molecule has 0 atom stereocenters. The molecule has 82 valence electrons. The third-order valence-corrected chi connectivity index (χ3v) is 2.68. The molecule has 0 fully saturated rings. The molecule has 0 aliphatic heterocycles. The standard InChI is InChI=1S/C9H10O5S/c10-9(11)6-7-15(12,13)14-8-4-2-1-3-5-8/h1-5H,6-7H2,(H,10,11). The van der Waals surface area contributed by atoms with Crippen molar-refractivity contribution in [3.8, 4) is 5.75 Å². The molecule has 0 heterocycles. The molecule has 0 aromatic heterocycles. The molecule has 0 unspecified atom stereocenters. The van der Waals surface area contributed by atoms with E-state index in [4.69, 9.17) is 5.11 Å². The maximum Gasteiger partial charge on any atom is 0.309 e.